The minimum Gasteiger partial charge on any atom is -0.483 e. The molecule has 0 radical (unpaired) electrons. The molecule has 2 N–H and O–H groups in total. The van der Waals surface area contributed by atoms with Crippen molar-refractivity contribution < 1.29 is 17.9 Å². The molecular weight excluding hydrogens is 378 g/mol. The summed E-state index contributed by atoms with van der Waals surface area (Å²) in [5.74, 6) is 0.0913. The number of hydrogen-bond donors (Lipinski definition) is 2. The highest BCUT2D eigenvalue weighted by atomic mass is 32.2. The number of carbonyl (C=O) groups is 1. The molecule has 148 valence electrons. The average Bonchev–Trinajstić information content (AvgIpc) is 2.61. The number of benzene rings is 2. The van der Waals surface area contributed by atoms with Gasteiger partial charge < -0.3 is 10.1 Å². The summed E-state index contributed by atoms with van der Waals surface area (Å²) in [4.78, 5) is 12.2. The molecule has 0 saturated carbocycles. The number of nitrogens with one attached hydrogen (secondary N) is 2. The summed E-state index contributed by atoms with van der Waals surface area (Å²) in [6, 6.07) is 13.3. The molecule has 1 amide bonds. The highest BCUT2D eigenvalue weighted by Gasteiger charge is 2.17. The maximum atomic E-state index is 12.2. The molecule has 0 atom stereocenters. The van der Waals surface area contributed by atoms with Gasteiger partial charge in [0.05, 0.1) is 17.4 Å². The predicted octanol–water partition coefficient (Wildman–Crippen LogP) is 2.77. The molecule has 2 aromatic rings. The lowest BCUT2D eigenvalue weighted by molar-refractivity contribution is -0.118. The second kappa shape index (κ2) is 9.35. The lowest BCUT2D eigenvalue weighted by atomic mass is 10.1. The van der Waals surface area contributed by atoms with Crippen LogP contribution in [0.4, 0.5) is 5.69 Å². The number of carbonyl (C=O) groups excluding carboxylic acids is 1. The lowest BCUT2D eigenvalue weighted by Crippen LogP contribution is -2.30. The fraction of sp³-hybridized carbons (Fsp3) is 0.300. The molecule has 0 spiro atoms. The summed E-state index contributed by atoms with van der Waals surface area (Å²) >= 11 is 0. The number of nitrogens with zero attached hydrogens (tertiary/aromatic N) is 1. The first-order valence-electron chi connectivity index (χ1n) is 8.73. The van der Waals surface area contributed by atoms with Crippen LogP contribution in [-0.2, 0) is 21.2 Å². The number of sulfonamides is 1. The number of rotatable bonds is 8. The van der Waals surface area contributed by atoms with Crippen molar-refractivity contribution >= 4 is 21.6 Å². The summed E-state index contributed by atoms with van der Waals surface area (Å²) in [6.45, 7) is 5.00. The van der Waals surface area contributed by atoms with E-state index in [9.17, 15) is 13.2 Å². The zero-order chi connectivity index (χ0) is 20.7. The SMILES string of the molecule is Cc1cc(S(=O)(=O)NC(C)C)ccc1OCC(=O)Nc1ccc(CC#N)cc1. The van der Waals surface area contributed by atoms with Gasteiger partial charge in [0.1, 0.15) is 5.75 Å². The molecule has 0 unspecified atom stereocenters. The van der Waals surface area contributed by atoms with Gasteiger partial charge in [0.2, 0.25) is 10.0 Å². The van der Waals surface area contributed by atoms with Crippen LogP contribution in [-0.4, -0.2) is 27.0 Å². The Kier molecular flexibility index (Phi) is 7.15. The van der Waals surface area contributed by atoms with Crippen molar-refractivity contribution in [1.82, 2.24) is 4.72 Å². The Balaban J connectivity index is 1.96. The molecule has 0 heterocycles. The molecule has 28 heavy (non-hydrogen) atoms. The first kappa shape index (κ1) is 21.4. The minimum atomic E-state index is -3.58. The Labute approximate surface area is 165 Å². The van der Waals surface area contributed by atoms with Crippen molar-refractivity contribution in [2.75, 3.05) is 11.9 Å². The monoisotopic (exact) mass is 401 g/mol. The second-order valence-electron chi connectivity index (χ2n) is 6.57. The third-order valence-corrected chi connectivity index (χ3v) is 5.38. The van der Waals surface area contributed by atoms with Gasteiger partial charge in [-0.25, -0.2) is 13.1 Å². The molecule has 2 rings (SSSR count). The molecule has 0 saturated heterocycles. The molecule has 0 aliphatic heterocycles. The molecule has 8 heteroatoms. The Bertz CT molecular complexity index is 978. The molecule has 0 bridgehead atoms. The van der Waals surface area contributed by atoms with Crippen LogP contribution in [0.25, 0.3) is 0 Å². The number of anilines is 1. The van der Waals surface area contributed by atoms with Gasteiger partial charge in [0.15, 0.2) is 6.61 Å². The smallest absolute Gasteiger partial charge is 0.262 e. The highest BCUT2D eigenvalue weighted by molar-refractivity contribution is 7.89. The van der Waals surface area contributed by atoms with Crippen LogP contribution in [0.3, 0.4) is 0 Å². The molecule has 2 aromatic carbocycles. The normalized spacial score (nSPS) is 11.1. The number of aryl methyl sites for hydroxylation is 1. The first-order valence-corrected chi connectivity index (χ1v) is 10.2. The van der Waals surface area contributed by atoms with Crippen molar-refractivity contribution in [2.24, 2.45) is 0 Å². The fourth-order valence-corrected chi connectivity index (χ4v) is 3.80. The third-order valence-electron chi connectivity index (χ3n) is 3.73. The van der Waals surface area contributed by atoms with Crippen LogP contribution in [0, 0.1) is 18.3 Å². The standard InChI is InChI=1S/C20H23N3O4S/c1-14(2)23-28(25,26)18-8-9-19(15(3)12-18)27-13-20(24)22-17-6-4-16(5-7-17)10-11-21/h4-9,12,14,23H,10,13H2,1-3H3,(H,22,24). The summed E-state index contributed by atoms with van der Waals surface area (Å²) in [7, 11) is -3.58. The van der Waals surface area contributed by atoms with Crippen LogP contribution in [0.15, 0.2) is 47.4 Å². The minimum absolute atomic E-state index is 0.146. The predicted molar refractivity (Wildman–Crippen MR) is 107 cm³/mol. The van der Waals surface area contributed by atoms with Gasteiger partial charge in [-0.15, -0.1) is 0 Å². The number of amides is 1. The first-order chi connectivity index (χ1) is 13.2. The van der Waals surface area contributed by atoms with Gasteiger partial charge in [-0.3, -0.25) is 4.79 Å². The van der Waals surface area contributed by atoms with E-state index in [1.54, 1.807) is 45.0 Å². The van der Waals surface area contributed by atoms with E-state index in [-0.39, 0.29) is 23.5 Å². The molecule has 0 aromatic heterocycles. The third kappa shape index (κ3) is 6.08. The van der Waals surface area contributed by atoms with E-state index in [0.29, 0.717) is 23.4 Å². The molecule has 0 aliphatic rings. The zero-order valence-electron chi connectivity index (χ0n) is 16.0. The summed E-state index contributed by atoms with van der Waals surface area (Å²) < 4.78 is 32.4. The Morgan fingerprint density at radius 2 is 1.86 bits per heavy atom. The van der Waals surface area contributed by atoms with E-state index in [2.05, 4.69) is 16.1 Å². The maximum Gasteiger partial charge on any atom is 0.262 e. The highest BCUT2D eigenvalue weighted by Crippen LogP contribution is 2.22. The van der Waals surface area contributed by atoms with Crippen LogP contribution >= 0.6 is 0 Å². The molecular formula is C20H23N3O4S. The van der Waals surface area contributed by atoms with Gasteiger partial charge in [-0.05, 0) is 62.2 Å². The van der Waals surface area contributed by atoms with E-state index >= 15 is 0 Å². The Hall–Kier alpha value is -2.89. The van der Waals surface area contributed by atoms with Crippen LogP contribution in [0.5, 0.6) is 5.75 Å². The van der Waals surface area contributed by atoms with Crippen molar-refractivity contribution in [3.8, 4) is 11.8 Å². The van der Waals surface area contributed by atoms with Gasteiger partial charge >= 0.3 is 0 Å². The Morgan fingerprint density at radius 3 is 2.43 bits per heavy atom. The fourth-order valence-electron chi connectivity index (χ4n) is 2.47. The van der Waals surface area contributed by atoms with E-state index in [4.69, 9.17) is 10.00 Å². The maximum absolute atomic E-state index is 12.2. The zero-order valence-corrected chi connectivity index (χ0v) is 16.8. The molecule has 0 aliphatic carbocycles. The molecule has 0 fully saturated rings. The lowest BCUT2D eigenvalue weighted by Gasteiger charge is -2.13. The van der Waals surface area contributed by atoms with E-state index < -0.39 is 10.0 Å². The van der Waals surface area contributed by atoms with Gasteiger partial charge in [0.25, 0.3) is 5.91 Å². The number of nitriles is 1. The van der Waals surface area contributed by atoms with Crippen LogP contribution < -0.4 is 14.8 Å². The van der Waals surface area contributed by atoms with Gasteiger partial charge in [-0.2, -0.15) is 5.26 Å². The largest absolute Gasteiger partial charge is 0.483 e. The quantitative estimate of drug-likeness (QED) is 0.707. The van der Waals surface area contributed by atoms with E-state index in [1.165, 1.54) is 18.2 Å². The number of hydrogen-bond acceptors (Lipinski definition) is 5. The Morgan fingerprint density at radius 1 is 1.18 bits per heavy atom. The number of ether oxygens (including phenoxy) is 1. The van der Waals surface area contributed by atoms with Crippen molar-refractivity contribution in [2.45, 2.75) is 38.1 Å². The topological polar surface area (TPSA) is 108 Å². The van der Waals surface area contributed by atoms with Crippen molar-refractivity contribution in [1.29, 1.82) is 5.26 Å². The van der Waals surface area contributed by atoms with Gasteiger partial charge in [-0.1, -0.05) is 12.1 Å². The summed E-state index contributed by atoms with van der Waals surface area (Å²) in [5.41, 5.74) is 2.09. The second-order valence-corrected chi connectivity index (χ2v) is 8.29. The van der Waals surface area contributed by atoms with Crippen LogP contribution in [0.2, 0.25) is 0 Å². The average molecular weight is 401 g/mol. The van der Waals surface area contributed by atoms with Crippen molar-refractivity contribution in [3.05, 3.63) is 53.6 Å². The summed E-state index contributed by atoms with van der Waals surface area (Å²) in [5, 5.41) is 11.4. The molecule has 7 nitrogen and oxygen atoms in total. The van der Waals surface area contributed by atoms with E-state index in [1.807, 2.05) is 0 Å². The van der Waals surface area contributed by atoms with Gasteiger partial charge in [0, 0.05) is 11.7 Å². The van der Waals surface area contributed by atoms with Crippen LogP contribution in [0.1, 0.15) is 25.0 Å². The van der Waals surface area contributed by atoms with E-state index in [0.717, 1.165) is 5.56 Å². The van der Waals surface area contributed by atoms with Crippen molar-refractivity contribution in [3.63, 3.8) is 0 Å². The summed E-state index contributed by atoms with van der Waals surface area (Å²) in [6.07, 6.45) is 0.315.